The van der Waals surface area contributed by atoms with Gasteiger partial charge in [0.2, 0.25) is 17.7 Å². The number of piperazine rings is 1. The minimum atomic E-state index is -1.58. The lowest BCUT2D eigenvalue weighted by molar-refractivity contribution is -0.170. The van der Waals surface area contributed by atoms with Crippen LogP contribution in [0.5, 0.6) is 0 Å². The van der Waals surface area contributed by atoms with Crippen LogP contribution in [-0.2, 0) is 32.1 Å². The Hall–Kier alpha value is -4.27. The van der Waals surface area contributed by atoms with Gasteiger partial charge in [0.05, 0.1) is 24.1 Å². The van der Waals surface area contributed by atoms with E-state index in [-0.39, 0.29) is 31.3 Å². The fourth-order valence-corrected chi connectivity index (χ4v) is 6.32. The number of hydrogen-bond donors (Lipinski definition) is 0. The third kappa shape index (κ3) is 3.33. The number of furan rings is 1. The van der Waals surface area contributed by atoms with Gasteiger partial charge in [0.25, 0.3) is 5.91 Å². The number of pyridine rings is 1. The smallest absolute Gasteiger partial charge is 0.250 e. The summed E-state index contributed by atoms with van der Waals surface area (Å²) in [4.78, 5) is 64.1. The molecule has 3 aromatic rings. The van der Waals surface area contributed by atoms with Crippen molar-refractivity contribution in [3.05, 3.63) is 89.6 Å². The molecule has 3 aliphatic rings. The van der Waals surface area contributed by atoms with Crippen LogP contribution in [0.15, 0.2) is 71.3 Å². The summed E-state index contributed by atoms with van der Waals surface area (Å²) in [5, 5.41) is 0. The Bertz CT molecular complexity index is 1400. The van der Waals surface area contributed by atoms with E-state index < -0.39 is 35.2 Å². The van der Waals surface area contributed by atoms with Crippen molar-refractivity contribution in [2.45, 2.75) is 31.5 Å². The quantitative estimate of drug-likeness (QED) is 0.499. The van der Waals surface area contributed by atoms with E-state index in [1.165, 1.54) is 16.8 Å². The molecule has 3 saturated heterocycles. The number of nitrogens with zero attached hydrogens (tertiary/aromatic N) is 4. The molecule has 3 fully saturated rings. The van der Waals surface area contributed by atoms with Crippen LogP contribution in [0.2, 0.25) is 0 Å². The summed E-state index contributed by atoms with van der Waals surface area (Å²) in [6.07, 6.45) is 1.73. The third-order valence-electron chi connectivity index (χ3n) is 7.83. The van der Waals surface area contributed by atoms with Gasteiger partial charge in [-0.3, -0.25) is 29.1 Å². The molecule has 0 bridgehead atoms. The van der Waals surface area contributed by atoms with E-state index in [1.54, 1.807) is 37.4 Å². The van der Waals surface area contributed by atoms with Crippen molar-refractivity contribution in [3.8, 4) is 0 Å². The summed E-state index contributed by atoms with van der Waals surface area (Å²) < 4.78 is 5.93. The molecule has 0 spiro atoms. The number of aromatic nitrogens is 1. The molecule has 4 amide bonds. The van der Waals surface area contributed by atoms with Gasteiger partial charge in [0, 0.05) is 19.7 Å². The molecular weight excluding hydrogens is 472 g/mol. The van der Waals surface area contributed by atoms with Crippen LogP contribution in [0.4, 0.5) is 0 Å². The number of likely N-dealkylation sites (tertiary alicyclic amines) is 1. The van der Waals surface area contributed by atoms with Gasteiger partial charge < -0.3 is 14.2 Å². The Balaban J connectivity index is 1.55. The van der Waals surface area contributed by atoms with Gasteiger partial charge >= 0.3 is 0 Å². The van der Waals surface area contributed by atoms with Gasteiger partial charge in [-0.1, -0.05) is 36.4 Å². The van der Waals surface area contributed by atoms with E-state index in [0.717, 1.165) is 10.5 Å². The molecule has 6 rings (SSSR count). The first-order valence-electron chi connectivity index (χ1n) is 12.3. The van der Waals surface area contributed by atoms with Crippen LogP contribution >= 0.6 is 0 Å². The number of hydrogen-bond acceptors (Lipinski definition) is 6. The highest BCUT2D eigenvalue weighted by Gasteiger charge is 2.74. The van der Waals surface area contributed by atoms with Gasteiger partial charge in [-0.25, -0.2) is 0 Å². The number of carbonyl (C=O) groups is 4. The predicted octanol–water partition coefficient (Wildman–Crippen LogP) is 2.12. The first kappa shape index (κ1) is 23.1. The minimum absolute atomic E-state index is 0.0986. The van der Waals surface area contributed by atoms with E-state index in [9.17, 15) is 19.2 Å². The van der Waals surface area contributed by atoms with E-state index >= 15 is 0 Å². The first-order valence-corrected chi connectivity index (χ1v) is 12.3. The molecule has 0 N–H and O–H groups in total. The number of aryl methyl sites for hydroxylation is 1. The number of fused-ring (bicyclic) bond motifs is 3. The largest absolute Gasteiger partial charge is 0.464 e. The second-order valence-electron chi connectivity index (χ2n) is 9.96. The van der Waals surface area contributed by atoms with Gasteiger partial charge in [-0.2, -0.15) is 0 Å². The Morgan fingerprint density at radius 3 is 2.41 bits per heavy atom. The number of rotatable bonds is 5. The summed E-state index contributed by atoms with van der Waals surface area (Å²) in [6, 6.07) is 17.3. The van der Waals surface area contributed by atoms with Crippen molar-refractivity contribution in [3.63, 3.8) is 0 Å². The summed E-state index contributed by atoms with van der Waals surface area (Å²) in [6.45, 7) is 1.72. The molecule has 4 atom stereocenters. The maximum Gasteiger partial charge on any atom is 0.250 e. The fraction of sp³-hybridized carbons (Fsp3) is 0.321. The molecule has 1 aromatic carbocycles. The van der Waals surface area contributed by atoms with Crippen molar-refractivity contribution < 1.29 is 23.6 Å². The van der Waals surface area contributed by atoms with Crippen LogP contribution < -0.4 is 0 Å². The third-order valence-corrected chi connectivity index (χ3v) is 7.83. The number of carbonyl (C=O) groups excluding carboxylic acids is 4. The highest BCUT2D eigenvalue weighted by molar-refractivity contribution is 6.12. The Labute approximate surface area is 213 Å². The molecule has 3 aliphatic heterocycles. The van der Waals surface area contributed by atoms with E-state index in [1.807, 2.05) is 36.4 Å². The second kappa shape index (κ2) is 8.40. The van der Waals surface area contributed by atoms with E-state index in [2.05, 4.69) is 4.98 Å². The maximum atomic E-state index is 14.6. The summed E-state index contributed by atoms with van der Waals surface area (Å²) in [5.74, 6) is -2.50. The molecule has 9 heteroatoms. The molecule has 0 saturated carbocycles. The molecule has 0 radical (unpaired) electrons. The molecule has 0 unspecified atom stereocenters. The summed E-state index contributed by atoms with van der Waals surface area (Å²) in [7, 11) is 1.44. The lowest BCUT2D eigenvalue weighted by Crippen LogP contribution is -2.69. The Morgan fingerprint density at radius 2 is 1.73 bits per heavy atom. The molecule has 9 nitrogen and oxygen atoms in total. The number of amides is 4. The average Bonchev–Trinajstić information content (AvgIpc) is 3.52. The zero-order chi connectivity index (χ0) is 25.9. The van der Waals surface area contributed by atoms with Crippen molar-refractivity contribution in [2.75, 3.05) is 13.6 Å². The zero-order valence-electron chi connectivity index (χ0n) is 20.5. The van der Waals surface area contributed by atoms with Crippen LogP contribution in [-0.4, -0.2) is 62.4 Å². The minimum Gasteiger partial charge on any atom is -0.464 e. The lowest BCUT2D eigenvalue weighted by Gasteiger charge is -2.48. The molecule has 37 heavy (non-hydrogen) atoms. The van der Waals surface area contributed by atoms with Crippen LogP contribution in [0.25, 0.3) is 0 Å². The van der Waals surface area contributed by atoms with Gasteiger partial charge in [-0.05, 0) is 36.8 Å². The molecule has 0 aliphatic carbocycles. The molecule has 2 aromatic heterocycles. The van der Waals surface area contributed by atoms with Crippen molar-refractivity contribution in [2.24, 2.45) is 11.8 Å². The monoisotopic (exact) mass is 498 g/mol. The van der Waals surface area contributed by atoms with Crippen molar-refractivity contribution in [1.29, 1.82) is 0 Å². The number of imide groups is 1. The molecule has 188 valence electrons. The second-order valence-corrected chi connectivity index (χ2v) is 9.96. The summed E-state index contributed by atoms with van der Waals surface area (Å²) >= 11 is 0. The molecule has 5 heterocycles. The van der Waals surface area contributed by atoms with Gasteiger partial charge in [0.15, 0.2) is 0 Å². The zero-order valence-corrected chi connectivity index (χ0v) is 20.5. The maximum absolute atomic E-state index is 14.6. The SMILES string of the molecule is Cc1ccc([C@@H]2[C@@H]3C(=O)N(C)C(=O)[C@@H]3[C@]3(Cc4ccccc4)C(=O)N(Cc4ccccn4)CC(=O)N23)o1. The lowest BCUT2D eigenvalue weighted by atomic mass is 9.74. The van der Waals surface area contributed by atoms with Gasteiger partial charge in [-0.15, -0.1) is 0 Å². The average molecular weight is 499 g/mol. The van der Waals surface area contributed by atoms with Crippen molar-refractivity contribution in [1.82, 2.24) is 19.7 Å². The predicted molar refractivity (Wildman–Crippen MR) is 130 cm³/mol. The number of benzene rings is 1. The van der Waals surface area contributed by atoms with Crippen LogP contribution in [0, 0.1) is 18.8 Å². The topological polar surface area (TPSA) is 104 Å². The highest BCUT2D eigenvalue weighted by atomic mass is 16.3. The fourth-order valence-electron chi connectivity index (χ4n) is 6.32. The highest BCUT2D eigenvalue weighted by Crippen LogP contribution is 2.57. The van der Waals surface area contributed by atoms with Crippen LogP contribution in [0.1, 0.15) is 28.8 Å². The summed E-state index contributed by atoms with van der Waals surface area (Å²) in [5.41, 5.74) is -0.164. The first-order chi connectivity index (χ1) is 17.8. The Morgan fingerprint density at radius 1 is 0.973 bits per heavy atom. The normalized spacial score (nSPS) is 27.2. The van der Waals surface area contributed by atoms with E-state index in [4.69, 9.17) is 4.42 Å². The van der Waals surface area contributed by atoms with Crippen molar-refractivity contribution >= 4 is 23.6 Å². The Kier molecular flexibility index (Phi) is 5.25. The standard InChI is InChI=1S/C28H26N4O5/c1-17-11-12-20(37-17)24-22-23(26(35)30(2)25(22)34)28(14-18-8-4-3-5-9-18)27(36)31(16-21(33)32(24)28)15-19-10-6-7-13-29-19/h3-13,22-24H,14-16H2,1-2H3/t22-,23-,24-,28-/m1/s1. The van der Waals surface area contributed by atoms with E-state index in [0.29, 0.717) is 17.2 Å². The van der Waals surface area contributed by atoms with Crippen LogP contribution in [0.3, 0.4) is 0 Å². The molecular formula is C28H26N4O5. The van der Waals surface area contributed by atoms with Gasteiger partial charge in [0.1, 0.15) is 29.6 Å².